The number of thiophene rings is 1. The number of anilines is 1. The number of halogens is 2. The lowest BCUT2D eigenvalue weighted by atomic mass is 10.3. The van der Waals surface area contributed by atoms with E-state index >= 15 is 0 Å². The average molecular weight is 340 g/mol. The molecule has 106 valence electrons. The number of nitrogens with one attached hydrogen (secondary N) is 1. The Bertz CT molecular complexity index is 787. The molecule has 1 amide bonds. The summed E-state index contributed by atoms with van der Waals surface area (Å²) >= 11 is 13.2. The Morgan fingerprint density at radius 1 is 1.29 bits per heavy atom. The number of benzene rings is 1. The molecule has 0 unspecified atom stereocenters. The number of aromatic nitrogens is 2. The largest absolute Gasteiger partial charge is 0.328 e. The van der Waals surface area contributed by atoms with E-state index < -0.39 is 5.91 Å². The van der Waals surface area contributed by atoms with Crippen LogP contribution in [0.25, 0.3) is 10.7 Å². The highest BCUT2D eigenvalue weighted by Gasteiger charge is 2.17. The smallest absolute Gasteiger partial charge is 0.316 e. The Hall–Kier alpha value is -1.89. The topological polar surface area (TPSA) is 68.0 Å². The molecule has 2 heterocycles. The minimum Gasteiger partial charge on any atom is -0.328 e. The lowest BCUT2D eigenvalue weighted by molar-refractivity contribution is 0.0981. The van der Waals surface area contributed by atoms with Gasteiger partial charge in [0, 0.05) is 5.02 Å². The van der Waals surface area contributed by atoms with Crippen molar-refractivity contribution in [2.24, 2.45) is 0 Å². The Labute approximate surface area is 133 Å². The summed E-state index contributed by atoms with van der Waals surface area (Å²) in [5, 5.41) is 9.05. The van der Waals surface area contributed by atoms with Crippen LogP contribution >= 0.6 is 34.5 Å². The molecule has 0 radical (unpaired) electrons. The molecule has 8 heteroatoms. The van der Waals surface area contributed by atoms with Crippen LogP contribution in [0.2, 0.25) is 10.0 Å². The fourth-order valence-electron chi connectivity index (χ4n) is 1.59. The summed E-state index contributed by atoms with van der Waals surface area (Å²) < 4.78 is 4.95. The van der Waals surface area contributed by atoms with Gasteiger partial charge in [0.1, 0.15) is 0 Å². The van der Waals surface area contributed by atoms with Gasteiger partial charge in [-0.2, -0.15) is 4.98 Å². The fraction of sp³-hybridized carbons (Fsp3) is 0. The molecule has 0 aliphatic rings. The number of carbonyl (C=O) groups is 1. The van der Waals surface area contributed by atoms with E-state index in [9.17, 15) is 4.79 Å². The minimum absolute atomic E-state index is 0.135. The van der Waals surface area contributed by atoms with Crippen LogP contribution in [0.4, 0.5) is 5.69 Å². The second-order valence-electron chi connectivity index (χ2n) is 3.98. The molecule has 0 aliphatic heterocycles. The van der Waals surface area contributed by atoms with Crippen molar-refractivity contribution in [2.75, 3.05) is 5.32 Å². The van der Waals surface area contributed by atoms with Gasteiger partial charge in [0.25, 0.3) is 0 Å². The normalized spacial score (nSPS) is 10.6. The minimum atomic E-state index is -0.533. The maximum Gasteiger partial charge on any atom is 0.316 e. The molecule has 1 N–H and O–H groups in total. The van der Waals surface area contributed by atoms with Crippen molar-refractivity contribution in [1.82, 2.24) is 10.1 Å². The Balaban J connectivity index is 1.79. The summed E-state index contributed by atoms with van der Waals surface area (Å²) in [5.74, 6) is -0.295. The zero-order valence-electron chi connectivity index (χ0n) is 10.3. The first-order valence-corrected chi connectivity index (χ1v) is 7.41. The first-order valence-electron chi connectivity index (χ1n) is 5.77. The van der Waals surface area contributed by atoms with E-state index in [1.807, 2.05) is 17.5 Å². The lowest BCUT2D eigenvalue weighted by Crippen LogP contribution is -2.12. The van der Waals surface area contributed by atoms with E-state index in [0.29, 0.717) is 21.6 Å². The van der Waals surface area contributed by atoms with Gasteiger partial charge in [-0.1, -0.05) is 34.4 Å². The van der Waals surface area contributed by atoms with Crippen molar-refractivity contribution in [3.8, 4) is 10.7 Å². The third kappa shape index (κ3) is 3.07. The van der Waals surface area contributed by atoms with Crippen molar-refractivity contribution in [3.05, 3.63) is 51.6 Å². The molecule has 0 atom stereocenters. The first-order chi connectivity index (χ1) is 10.1. The third-order valence-corrected chi connectivity index (χ3v) is 3.95. The first kappa shape index (κ1) is 14.1. The number of amides is 1. The van der Waals surface area contributed by atoms with Crippen molar-refractivity contribution in [1.29, 1.82) is 0 Å². The summed E-state index contributed by atoms with van der Waals surface area (Å²) in [4.78, 5) is 16.9. The van der Waals surface area contributed by atoms with Crippen LogP contribution in [-0.2, 0) is 0 Å². The molecule has 0 spiro atoms. The van der Waals surface area contributed by atoms with Crippen LogP contribution in [-0.4, -0.2) is 16.0 Å². The number of nitrogens with zero attached hydrogens (tertiary/aromatic N) is 2. The van der Waals surface area contributed by atoms with Gasteiger partial charge in [0.15, 0.2) is 0 Å². The molecule has 0 saturated carbocycles. The molecule has 21 heavy (non-hydrogen) atoms. The van der Waals surface area contributed by atoms with Gasteiger partial charge in [0.05, 0.1) is 15.6 Å². The zero-order chi connectivity index (χ0) is 14.8. The number of carbonyl (C=O) groups excluding carboxylic acids is 1. The van der Waals surface area contributed by atoms with E-state index in [-0.39, 0.29) is 5.89 Å². The van der Waals surface area contributed by atoms with Crippen LogP contribution < -0.4 is 5.32 Å². The molecule has 3 aromatic rings. The molecular weight excluding hydrogens is 333 g/mol. The van der Waals surface area contributed by atoms with Crippen molar-refractivity contribution < 1.29 is 9.32 Å². The predicted octanol–water partition coefficient (Wildman–Crippen LogP) is 4.36. The van der Waals surface area contributed by atoms with Crippen LogP contribution in [0.1, 0.15) is 10.7 Å². The van der Waals surface area contributed by atoms with Crippen LogP contribution in [0.3, 0.4) is 0 Å². The maximum atomic E-state index is 12.0. The Morgan fingerprint density at radius 2 is 2.14 bits per heavy atom. The number of rotatable bonds is 3. The van der Waals surface area contributed by atoms with Gasteiger partial charge in [-0.05, 0) is 29.6 Å². The maximum absolute atomic E-state index is 12.0. The summed E-state index contributed by atoms with van der Waals surface area (Å²) in [6.07, 6.45) is 0. The molecule has 0 bridgehead atoms. The van der Waals surface area contributed by atoms with E-state index in [1.165, 1.54) is 17.4 Å². The highest BCUT2D eigenvalue weighted by Crippen LogP contribution is 2.26. The van der Waals surface area contributed by atoms with Gasteiger partial charge >= 0.3 is 11.8 Å². The Morgan fingerprint density at radius 3 is 2.86 bits per heavy atom. The summed E-state index contributed by atoms with van der Waals surface area (Å²) in [6, 6.07) is 8.45. The van der Waals surface area contributed by atoms with Gasteiger partial charge in [-0.3, -0.25) is 4.79 Å². The molecule has 0 fully saturated rings. The van der Waals surface area contributed by atoms with Gasteiger partial charge < -0.3 is 9.84 Å². The third-order valence-electron chi connectivity index (χ3n) is 2.54. The van der Waals surface area contributed by atoms with E-state index in [4.69, 9.17) is 27.7 Å². The van der Waals surface area contributed by atoms with Crippen LogP contribution in [0.15, 0.2) is 40.2 Å². The van der Waals surface area contributed by atoms with Crippen molar-refractivity contribution in [2.45, 2.75) is 0 Å². The molecule has 3 rings (SSSR count). The van der Waals surface area contributed by atoms with Crippen LogP contribution in [0.5, 0.6) is 0 Å². The summed E-state index contributed by atoms with van der Waals surface area (Å²) in [7, 11) is 0. The quantitative estimate of drug-likeness (QED) is 0.769. The van der Waals surface area contributed by atoms with Crippen LogP contribution in [0, 0.1) is 0 Å². The molecule has 1 aromatic carbocycles. The monoisotopic (exact) mass is 339 g/mol. The summed E-state index contributed by atoms with van der Waals surface area (Å²) in [6.45, 7) is 0. The zero-order valence-corrected chi connectivity index (χ0v) is 12.7. The van der Waals surface area contributed by atoms with E-state index in [2.05, 4.69) is 15.5 Å². The molecule has 2 aromatic heterocycles. The van der Waals surface area contributed by atoms with Crippen molar-refractivity contribution >= 4 is 46.1 Å². The molecule has 5 nitrogen and oxygen atoms in total. The highest BCUT2D eigenvalue weighted by atomic mass is 35.5. The predicted molar refractivity (Wildman–Crippen MR) is 82.0 cm³/mol. The van der Waals surface area contributed by atoms with Crippen molar-refractivity contribution in [3.63, 3.8) is 0 Å². The SMILES string of the molecule is O=C(Nc1ccc(Cl)cc1Cl)c1nc(-c2cccs2)no1. The number of hydrogen-bond donors (Lipinski definition) is 1. The Kier molecular flexibility index (Phi) is 3.92. The van der Waals surface area contributed by atoms with Gasteiger partial charge in [0.2, 0.25) is 5.82 Å². The number of hydrogen-bond acceptors (Lipinski definition) is 5. The highest BCUT2D eigenvalue weighted by molar-refractivity contribution is 7.13. The second-order valence-corrected chi connectivity index (χ2v) is 5.77. The average Bonchev–Trinajstić information content (AvgIpc) is 3.10. The van der Waals surface area contributed by atoms with Gasteiger partial charge in [-0.25, -0.2) is 0 Å². The molecule has 0 aliphatic carbocycles. The molecule has 0 saturated heterocycles. The fourth-order valence-corrected chi connectivity index (χ4v) is 2.69. The summed E-state index contributed by atoms with van der Waals surface area (Å²) in [5.41, 5.74) is 0.418. The van der Waals surface area contributed by atoms with E-state index in [0.717, 1.165) is 4.88 Å². The second kappa shape index (κ2) is 5.85. The van der Waals surface area contributed by atoms with E-state index in [1.54, 1.807) is 12.1 Å². The standard InChI is InChI=1S/C13H7Cl2N3O2S/c14-7-3-4-9(8(15)6-7)16-12(19)13-17-11(18-20-13)10-2-1-5-21-10/h1-6H,(H,16,19). The van der Waals surface area contributed by atoms with Gasteiger partial charge in [-0.15, -0.1) is 11.3 Å². The molecular formula is C13H7Cl2N3O2S. The lowest BCUT2D eigenvalue weighted by Gasteiger charge is -2.04.